The second-order valence-electron chi connectivity index (χ2n) is 6.00. The van der Waals surface area contributed by atoms with Crippen molar-refractivity contribution in [1.82, 2.24) is 4.68 Å². The molecule has 30 heavy (non-hydrogen) atoms. The van der Waals surface area contributed by atoms with Crippen molar-refractivity contribution in [3.8, 4) is 17.0 Å². The van der Waals surface area contributed by atoms with E-state index in [2.05, 4.69) is 16.7 Å². The Morgan fingerprint density at radius 3 is 2.80 bits per heavy atom. The van der Waals surface area contributed by atoms with Crippen LogP contribution in [0.3, 0.4) is 0 Å². The number of aromatic nitrogens is 1. The monoisotopic (exact) mass is 423 g/mol. The van der Waals surface area contributed by atoms with Gasteiger partial charge in [0.2, 0.25) is 4.80 Å². The lowest BCUT2D eigenvalue weighted by molar-refractivity contribution is -0.385. The quantitative estimate of drug-likeness (QED) is 0.261. The van der Waals surface area contributed by atoms with Crippen molar-refractivity contribution in [2.45, 2.75) is 0 Å². The molecule has 0 radical (unpaired) electrons. The van der Waals surface area contributed by atoms with Crippen LogP contribution >= 0.6 is 11.3 Å². The zero-order valence-corrected chi connectivity index (χ0v) is 16.5. The van der Waals surface area contributed by atoms with Crippen molar-refractivity contribution in [2.24, 2.45) is 15.8 Å². The van der Waals surface area contributed by atoms with Crippen molar-refractivity contribution in [1.29, 1.82) is 0 Å². The second kappa shape index (κ2) is 8.97. The normalized spacial score (nSPS) is 11.7. The minimum absolute atomic E-state index is 0.0301. The maximum atomic E-state index is 11.6. The number of carbonyl (C=O) groups is 1. The molecule has 0 saturated carbocycles. The molecule has 9 nitrogen and oxygen atoms in total. The Kier molecular flexibility index (Phi) is 6.18. The summed E-state index contributed by atoms with van der Waals surface area (Å²) < 4.78 is 1.50. The van der Waals surface area contributed by atoms with Gasteiger partial charge in [0.05, 0.1) is 34.5 Å². The molecule has 0 fully saturated rings. The first-order valence-electron chi connectivity index (χ1n) is 8.65. The second-order valence-corrected chi connectivity index (χ2v) is 6.84. The molecule has 0 unspecified atom stereocenters. The number of primary amides is 1. The molecule has 0 atom stereocenters. The number of nitrogens with two attached hydrogens (primary N) is 1. The average Bonchev–Trinajstić information content (AvgIpc) is 3.13. The van der Waals surface area contributed by atoms with Gasteiger partial charge in [0.15, 0.2) is 0 Å². The fourth-order valence-electron chi connectivity index (χ4n) is 2.64. The van der Waals surface area contributed by atoms with Gasteiger partial charge in [-0.05, 0) is 24.3 Å². The molecule has 2 aromatic carbocycles. The highest BCUT2D eigenvalue weighted by molar-refractivity contribution is 7.07. The minimum Gasteiger partial charge on any atom is -0.507 e. The zero-order chi connectivity index (χ0) is 21.7. The lowest BCUT2D eigenvalue weighted by Gasteiger charge is -2.06. The van der Waals surface area contributed by atoms with Gasteiger partial charge in [0.25, 0.3) is 11.6 Å². The first-order chi connectivity index (χ1) is 14.4. The first kappa shape index (κ1) is 20.7. The SMILES string of the molecule is C=CCN=c1scc(-c2ccc(O)c(C(N)=O)c2)n1N=Cc1ccccc1[N+](=O)[O-]. The lowest BCUT2D eigenvalue weighted by Crippen LogP contribution is -2.14. The summed E-state index contributed by atoms with van der Waals surface area (Å²) in [6.07, 6.45) is 3.00. The van der Waals surface area contributed by atoms with Crippen LogP contribution in [0.5, 0.6) is 5.75 Å². The van der Waals surface area contributed by atoms with E-state index >= 15 is 0 Å². The summed E-state index contributed by atoms with van der Waals surface area (Å²) in [7, 11) is 0. The van der Waals surface area contributed by atoms with Gasteiger partial charge in [0.1, 0.15) is 5.75 Å². The molecule has 0 bridgehead atoms. The Hall–Kier alpha value is -4.05. The topological polar surface area (TPSA) is 136 Å². The summed E-state index contributed by atoms with van der Waals surface area (Å²) in [6.45, 7) is 4.00. The summed E-state index contributed by atoms with van der Waals surface area (Å²) in [5.74, 6) is -0.996. The van der Waals surface area contributed by atoms with Gasteiger partial charge >= 0.3 is 0 Å². The molecule has 3 aromatic rings. The number of benzene rings is 2. The summed E-state index contributed by atoms with van der Waals surface area (Å²) in [6, 6.07) is 10.7. The van der Waals surface area contributed by atoms with Crippen LogP contribution in [0.15, 0.2) is 70.6 Å². The number of hydrogen-bond donors (Lipinski definition) is 2. The van der Waals surface area contributed by atoms with Gasteiger partial charge in [0, 0.05) is 17.0 Å². The number of carbonyl (C=O) groups excluding carboxylic acids is 1. The number of nitro groups is 1. The third kappa shape index (κ3) is 4.33. The lowest BCUT2D eigenvalue weighted by atomic mass is 10.1. The van der Waals surface area contributed by atoms with Crippen LogP contribution in [-0.2, 0) is 0 Å². The minimum atomic E-state index is -0.767. The van der Waals surface area contributed by atoms with Crippen molar-refractivity contribution >= 4 is 29.1 Å². The number of nitrogens with zero attached hydrogens (tertiary/aromatic N) is 4. The molecule has 1 amide bonds. The fraction of sp³-hybridized carbons (Fsp3) is 0.0500. The number of thiazole rings is 1. The number of nitro benzene ring substituents is 1. The Balaban J connectivity index is 2.16. The summed E-state index contributed by atoms with van der Waals surface area (Å²) >= 11 is 1.30. The molecule has 0 aliphatic rings. The molecule has 0 spiro atoms. The van der Waals surface area contributed by atoms with Crippen LogP contribution in [0.4, 0.5) is 5.69 Å². The zero-order valence-electron chi connectivity index (χ0n) is 15.6. The van der Waals surface area contributed by atoms with Crippen molar-refractivity contribution < 1.29 is 14.8 Å². The number of amides is 1. The molecular weight excluding hydrogens is 406 g/mol. The first-order valence-corrected chi connectivity index (χ1v) is 9.53. The van der Waals surface area contributed by atoms with Crippen molar-refractivity contribution in [3.63, 3.8) is 0 Å². The molecule has 0 aliphatic carbocycles. The predicted octanol–water partition coefficient (Wildman–Crippen LogP) is 2.90. The Labute approximate surface area is 174 Å². The Morgan fingerprint density at radius 1 is 1.33 bits per heavy atom. The van der Waals surface area contributed by atoms with Crippen LogP contribution in [0.2, 0.25) is 0 Å². The fourth-order valence-corrected chi connectivity index (χ4v) is 3.48. The summed E-state index contributed by atoms with van der Waals surface area (Å²) in [5, 5.41) is 27.3. The van der Waals surface area contributed by atoms with E-state index in [-0.39, 0.29) is 17.0 Å². The van der Waals surface area contributed by atoms with Gasteiger partial charge in [-0.2, -0.15) is 5.10 Å². The van der Waals surface area contributed by atoms with E-state index in [4.69, 9.17) is 5.73 Å². The van der Waals surface area contributed by atoms with Gasteiger partial charge in [-0.1, -0.05) is 18.2 Å². The molecule has 0 saturated heterocycles. The molecule has 1 aromatic heterocycles. The highest BCUT2D eigenvalue weighted by atomic mass is 32.1. The van der Waals surface area contributed by atoms with Gasteiger partial charge in [-0.15, -0.1) is 17.9 Å². The third-order valence-electron chi connectivity index (χ3n) is 4.04. The third-order valence-corrected chi connectivity index (χ3v) is 4.90. The highest BCUT2D eigenvalue weighted by Gasteiger charge is 2.14. The molecule has 1 heterocycles. The molecule has 3 rings (SSSR count). The Morgan fingerprint density at radius 2 is 2.10 bits per heavy atom. The average molecular weight is 423 g/mol. The molecule has 152 valence electrons. The Bertz CT molecular complexity index is 1230. The number of para-hydroxylation sites is 1. The van der Waals surface area contributed by atoms with Crippen LogP contribution in [0.25, 0.3) is 11.3 Å². The maximum Gasteiger partial charge on any atom is 0.278 e. The van der Waals surface area contributed by atoms with Crippen molar-refractivity contribution in [3.05, 3.63) is 86.5 Å². The van der Waals surface area contributed by atoms with E-state index in [9.17, 15) is 20.0 Å². The van der Waals surface area contributed by atoms with E-state index in [1.807, 2.05) is 0 Å². The van der Waals surface area contributed by atoms with Gasteiger partial charge < -0.3 is 10.8 Å². The maximum absolute atomic E-state index is 11.6. The predicted molar refractivity (Wildman–Crippen MR) is 115 cm³/mol. The number of aromatic hydroxyl groups is 1. The van der Waals surface area contributed by atoms with E-state index in [0.717, 1.165) is 0 Å². The largest absolute Gasteiger partial charge is 0.507 e. The van der Waals surface area contributed by atoms with Gasteiger partial charge in [-0.25, -0.2) is 4.68 Å². The highest BCUT2D eigenvalue weighted by Crippen LogP contribution is 2.26. The van der Waals surface area contributed by atoms with E-state index < -0.39 is 10.8 Å². The van der Waals surface area contributed by atoms with E-state index in [1.54, 1.807) is 35.7 Å². The van der Waals surface area contributed by atoms with Crippen LogP contribution in [0, 0.1) is 10.1 Å². The van der Waals surface area contributed by atoms with E-state index in [0.29, 0.717) is 28.2 Å². The van der Waals surface area contributed by atoms with Crippen LogP contribution in [-0.4, -0.2) is 33.4 Å². The standard InChI is InChI=1S/C20H17N5O4S/c1-2-9-22-20-24(23-11-14-5-3-4-6-16(14)25(28)29)17(12-30-20)13-7-8-18(26)15(10-13)19(21)27/h2-8,10-12,26H,1,9H2,(H2,21,27). The number of rotatable bonds is 7. The van der Waals surface area contributed by atoms with Crippen LogP contribution in [0.1, 0.15) is 15.9 Å². The molecular formula is C20H17N5O4S. The number of phenols is 1. The molecule has 3 N–H and O–H groups in total. The number of hydrogen-bond acceptors (Lipinski definition) is 7. The van der Waals surface area contributed by atoms with E-state index in [1.165, 1.54) is 40.4 Å². The van der Waals surface area contributed by atoms with Gasteiger partial charge in [-0.3, -0.25) is 19.9 Å². The van der Waals surface area contributed by atoms with Crippen LogP contribution < -0.4 is 10.5 Å². The summed E-state index contributed by atoms with van der Waals surface area (Å²) in [4.78, 5) is 27.3. The smallest absolute Gasteiger partial charge is 0.278 e. The molecule has 0 aliphatic heterocycles. The van der Waals surface area contributed by atoms with Crippen molar-refractivity contribution in [2.75, 3.05) is 6.54 Å². The molecule has 10 heteroatoms. The summed E-state index contributed by atoms with van der Waals surface area (Å²) in [5.41, 5.74) is 6.68.